The third kappa shape index (κ3) is 2.33. The molecule has 6 heteroatoms. The van der Waals surface area contributed by atoms with Crippen molar-refractivity contribution in [2.24, 2.45) is 0 Å². The number of halogens is 1. The molecular weight excluding hydrogens is 264 g/mol. The zero-order chi connectivity index (χ0) is 13.2. The van der Waals surface area contributed by atoms with Gasteiger partial charge in [-0.15, -0.1) is 0 Å². The maximum absolute atomic E-state index is 12.4. The summed E-state index contributed by atoms with van der Waals surface area (Å²) in [5.41, 5.74) is 1.40. The molecule has 2 aromatic rings. The third-order valence-corrected chi connectivity index (χ3v) is 3.57. The molecule has 1 aliphatic rings. The van der Waals surface area contributed by atoms with E-state index in [2.05, 4.69) is 15.2 Å². The molecule has 0 bridgehead atoms. The number of aromatic nitrogens is 3. The van der Waals surface area contributed by atoms with Crippen molar-refractivity contribution in [1.29, 1.82) is 0 Å². The van der Waals surface area contributed by atoms with Crippen LogP contribution in [0.2, 0.25) is 5.02 Å². The van der Waals surface area contributed by atoms with E-state index < -0.39 is 0 Å². The van der Waals surface area contributed by atoms with Crippen molar-refractivity contribution in [3.63, 3.8) is 0 Å². The molecule has 0 aromatic carbocycles. The molecule has 0 radical (unpaired) electrons. The minimum atomic E-state index is -0.0613. The van der Waals surface area contributed by atoms with Crippen LogP contribution in [0.15, 0.2) is 30.6 Å². The fraction of sp³-hybridized carbons (Fsp3) is 0.308. The van der Waals surface area contributed by atoms with Gasteiger partial charge in [0.25, 0.3) is 5.91 Å². The lowest BCUT2D eigenvalue weighted by Crippen LogP contribution is -2.31. The summed E-state index contributed by atoms with van der Waals surface area (Å²) < 4.78 is 0. The first-order valence-corrected chi connectivity index (χ1v) is 6.55. The number of hydrogen-bond donors (Lipinski definition) is 1. The Morgan fingerprint density at radius 2 is 2.32 bits per heavy atom. The van der Waals surface area contributed by atoms with E-state index in [4.69, 9.17) is 11.6 Å². The van der Waals surface area contributed by atoms with Gasteiger partial charge in [-0.05, 0) is 31.0 Å². The third-order valence-electron chi connectivity index (χ3n) is 3.34. The molecule has 1 atom stereocenters. The minimum absolute atomic E-state index is 0.0613. The molecule has 3 rings (SSSR count). The number of rotatable bonds is 2. The number of carbonyl (C=O) groups is 1. The Morgan fingerprint density at radius 1 is 1.42 bits per heavy atom. The number of H-pyrrole nitrogens is 1. The normalized spacial score (nSPS) is 18.8. The van der Waals surface area contributed by atoms with Crippen LogP contribution in [0.3, 0.4) is 0 Å². The highest BCUT2D eigenvalue weighted by atomic mass is 35.5. The van der Waals surface area contributed by atoms with E-state index in [9.17, 15) is 4.79 Å². The second-order valence-corrected chi connectivity index (χ2v) is 4.97. The molecule has 98 valence electrons. The molecule has 3 heterocycles. The number of nitrogens with zero attached hydrogens (tertiary/aromatic N) is 3. The van der Waals surface area contributed by atoms with Gasteiger partial charge in [-0.3, -0.25) is 9.89 Å². The van der Waals surface area contributed by atoms with Gasteiger partial charge >= 0.3 is 0 Å². The Kier molecular flexibility index (Phi) is 3.21. The summed E-state index contributed by atoms with van der Waals surface area (Å²) in [7, 11) is 0. The van der Waals surface area contributed by atoms with Gasteiger partial charge < -0.3 is 4.90 Å². The van der Waals surface area contributed by atoms with E-state index >= 15 is 0 Å². The Bertz CT molecular complexity index is 567. The summed E-state index contributed by atoms with van der Waals surface area (Å²) in [6.45, 7) is 0.743. The Balaban J connectivity index is 1.84. The van der Waals surface area contributed by atoms with Gasteiger partial charge in [0.05, 0.1) is 16.8 Å². The lowest BCUT2D eigenvalue weighted by Gasteiger charge is -2.23. The van der Waals surface area contributed by atoms with Crippen LogP contribution in [-0.4, -0.2) is 32.5 Å². The summed E-state index contributed by atoms with van der Waals surface area (Å²) in [6.07, 6.45) is 5.14. The highest BCUT2D eigenvalue weighted by Gasteiger charge is 2.31. The van der Waals surface area contributed by atoms with Crippen LogP contribution in [0.4, 0.5) is 0 Å². The zero-order valence-electron chi connectivity index (χ0n) is 10.2. The molecule has 19 heavy (non-hydrogen) atoms. The van der Waals surface area contributed by atoms with E-state index in [0.29, 0.717) is 10.7 Å². The monoisotopic (exact) mass is 276 g/mol. The number of pyridine rings is 1. The molecule has 0 spiro atoms. The topological polar surface area (TPSA) is 61.9 Å². The predicted molar refractivity (Wildman–Crippen MR) is 70.8 cm³/mol. The van der Waals surface area contributed by atoms with E-state index in [-0.39, 0.29) is 11.9 Å². The molecule has 5 nitrogen and oxygen atoms in total. The standard InChI is InChI=1S/C13H13ClN4O/c14-9-3-4-11(15-8-9)13(19)18-7-1-2-12(18)10-5-6-16-17-10/h3-6,8,12H,1-2,7H2,(H,16,17). The number of carbonyl (C=O) groups excluding carboxylic acids is 1. The van der Waals surface area contributed by atoms with Crippen molar-refractivity contribution in [3.8, 4) is 0 Å². The molecule has 0 saturated carbocycles. The van der Waals surface area contributed by atoms with E-state index in [0.717, 1.165) is 25.1 Å². The largest absolute Gasteiger partial charge is 0.329 e. The Hall–Kier alpha value is -1.88. The fourth-order valence-electron chi connectivity index (χ4n) is 2.43. The quantitative estimate of drug-likeness (QED) is 0.916. The van der Waals surface area contributed by atoms with Crippen LogP contribution in [0.5, 0.6) is 0 Å². The van der Waals surface area contributed by atoms with Crippen LogP contribution in [0.1, 0.15) is 35.1 Å². The second-order valence-electron chi connectivity index (χ2n) is 4.53. The minimum Gasteiger partial charge on any atom is -0.329 e. The molecule has 1 aliphatic heterocycles. The maximum Gasteiger partial charge on any atom is 0.273 e. The number of nitrogens with one attached hydrogen (secondary N) is 1. The van der Waals surface area contributed by atoms with Crippen molar-refractivity contribution >= 4 is 17.5 Å². The molecule has 0 aliphatic carbocycles. The summed E-state index contributed by atoms with van der Waals surface area (Å²) in [4.78, 5) is 18.4. The van der Waals surface area contributed by atoms with E-state index in [1.54, 1.807) is 18.3 Å². The summed E-state index contributed by atoms with van der Waals surface area (Å²) in [6, 6.07) is 5.31. The van der Waals surface area contributed by atoms with Crippen molar-refractivity contribution < 1.29 is 4.79 Å². The first-order chi connectivity index (χ1) is 9.25. The molecule has 1 N–H and O–H groups in total. The first-order valence-electron chi connectivity index (χ1n) is 6.17. The lowest BCUT2D eigenvalue weighted by atomic mass is 10.1. The number of aromatic amines is 1. The van der Waals surface area contributed by atoms with Gasteiger partial charge in [-0.1, -0.05) is 11.6 Å². The first kappa shape index (κ1) is 12.2. The number of hydrogen-bond acceptors (Lipinski definition) is 3. The summed E-state index contributed by atoms with van der Waals surface area (Å²) in [5.74, 6) is -0.0613. The Labute approximate surface area is 115 Å². The average Bonchev–Trinajstić information content (AvgIpc) is 3.09. The Morgan fingerprint density at radius 3 is 3.00 bits per heavy atom. The summed E-state index contributed by atoms with van der Waals surface area (Å²) in [5, 5.41) is 7.42. The highest BCUT2D eigenvalue weighted by molar-refractivity contribution is 6.30. The van der Waals surface area contributed by atoms with Gasteiger partial charge in [0.1, 0.15) is 5.69 Å². The molecule has 1 amide bonds. The SMILES string of the molecule is O=C(c1ccc(Cl)cn1)N1CCCC1c1ccn[nH]1. The van der Waals surface area contributed by atoms with Gasteiger partial charge in [0.15, 0.2) is 0 Å². The van der Waals surface area contributed by atoms with Crippen LogP contribution < -0.4 is 0 Å². The van der Waals surface area contributed by atoms with Crippen LogP contribution in [0.25, 0.3) is 0 Å². The van der Waals surface area contributed by atoms with Crippen molar-refractivity contribution in [2.75, 3.05) is 6.54 Å². The zero-order valence-corrected chi connectivity index (χ0v) is 11.0. The van der Waals surface area contributed by atoms with Crippen molar-refractivity contribution in [3.05, 3.63) is 47.0 Å². The van der Waals surface area contributed by atoms with Crippen molar-refractivity contribution in [2.45, 2.75) is 18.9 Å². The van der Waals surface area contributed by atoms with Crippen LogP contribution in [-0.2, 0) is 0 Å². The van der Waals surface area contributed by atoms with Gasteiger partial charge in [0.2, 0.25) is 0 Å². The second kappa shape index (κ2) is 5.01. The number of likely N-dealkylation sites (tertiary alicyclic amines) is 1. The molecule has 1 saturated heterocycles. The average molecular weight is 277 g/mol. The van der Waals surface area contributed by atoms with Crippen LogP contribution >= 0.6 is 11.6 Å². The molecule has 2 aromatic heterocycles. The van der Waals surface area contributed by atoms with Gasteiger partial charge in [-0.2, -0.15) is 5.10 Å². The highest BCUT2D eigenvalue weighted by Crippen LogP contribution is 2.31. The number of amides is 1. The maximum atomic E-state index is 12.4. The fourth-order valence-corrected chi connectivity index (χ4v) is 2.55. The predicted octanol–water partition coefficient (Wildman–Crippen LogP) is 2.44. The summed E-state index contributed by atoms with van der Waals surface area (Å²) >= 11 is 5.79. The van der Waals surface area contributed by atoms with Gasteiger partial charge in [0, 0.05) is 18.9 Å². The molecular formula is C13H13ClN4O. The lowest BCUT2D eigenvalue weighted by molar-refractivity contribution is 0.0727. The van der Waals surface area contributed by atoms with Crippen molar-refractivity contribution in [1.82, 2.24) is 20.1 Å². The molecule has 1 unspecified atom stereocenters. The molecule has 1 fully saturated rings. The van der Waals surface area contributed by atoms with Gasteiger partial charge in [-0.25, -0.2) is 4.98 Å². The van der Waals surface area contributed by atoms with E-state index in [1.165, 1.54) is 6.20 Å². The van der Waals surface area contributed by atoms with E-state index in [1.807, 2.05) is 11.0 Å². The smallest absolute Gasteiger partial charge is 0.273 e. The van der Waals surface area contributed by atoms with Crippen LogP contribution in [0, 0.1) is 0 Å².